The van der Waals surface area contributed by atoms with Crippen molar-refractivity contribution in [2.45, 2.75) is 6.54 Å². The lowest BCUT2D eigenvalue weighted by molar-refractivity contribution is -0.695. The molecular weight excluding hydrogens is 274 g/mol. The second-order valence-electron chi connectivity index (χ2n) is 2.05. The van der Waals surface area contributed by atoms with Gasteiger partial charge in [0.25, 0.3) is 0 Å². The Morgan fingerprint density at radius 3 is 2.82 bits per heavy atom. The summed E-state index contributed by atoms with van der Waals surface area (Å²) in [4.78, 5) is 0. The van der Waals surface area contributed by atoms with Gasteiger partial charge in [0.2, 0.25) is 0 Å². The summed E-state index contributed by atoms with van der Waals surface area (Å²) in [5.74, 6) is 0. The van der Waals surface area contributed by atoms with Gasteiger partial charge in [-0.25, -0.2) is 4.57 Å². The highest BCUT2D eigenvalue weighted by Crippen LogP contribution is 1.96. The standard InChI is InChI=1S/C7H10IN2.ClH/c8-7-2-1-4-10(6-7)5-3-9;/h1-2,4,6H,3,5,9H2;1H/q+1;/p-1. The molecule has 0 bridgehead atoms. The molecule has 2 nitrogen and oxygen atoms in total. The van der Waals surface area contributed by atoms with Crippen molar-refractivity contribution in [3.05, 3.63) is 28.1 Å². The van der Waals surface area contributed by atoms with E-state index >= 15 is 0 Å². The maximum Gasteiger partial charge on any atom is 0.182 e. The molecule has 11 heavy (non-hydrogen) atoms. The summed E-state index contributed by atoms with van der Waals surface area (Å²) in [6.07, 6.45) is 4.10. The average Bonchev–Trinajstić information content (AvgIpc) is 1.88. The fraction of sp³-hybridized carbons (Fsp3) is 0.286. The van der Waals surface area contributed by atoms with Crippen molar-refractivity contribution in [3.63, 3.8) is 0 Å². The van der Waals surface area contributed by atoms with Crippen LogP contribution in [0.4, 0.5) is 0 Å². The van der Waals surface area contributed by atoms with E-state index in [1.54, 1.807) is 0 Å². The summed E-state index contributed by atoms with van der Waals surface area (Å²) in [6, 6.07) is 4.09. The molecule has 62 valence electrons. The zero-order valence-electron chi connectivity index (χ0n) is 6.00. The van der Waals surface area contributed by atoms with Crippen LogP contribution in [0.1, 0.15) is 0 Å². The van der Waals surface area contributed by atoms with Crippen molar-refractivity contribution in [2.24, 2.45) is 5.73 Å². The molecule has 0 radical (unpaired) electrons. The molecule has 1 aromatic rings. The SMILES string of the molecule is NCC[n+]1cccc(I)c1.[Cl-]. The number of aromatic nitrogens is 1. The molecule has 1 aromatic heterocycles. The molecule has 4 heteroatoms. The highest BCUT2D eigenvalue weighted by molar-refractivity contribution is 14.1. The van der Waals surface area contributed by atoms with Crippen LogP contribution >= 0.6 is 22.6 Å². The monoisotopic (exact) mass is 284 g/mol. The van der Waals surface area contributed by atoms with Gasteiger partial charge in [-0.1, -0.05) is 0 Å². The summed E-state index contributed by atoms with van der Waals surface area (Å²) >= 11 is 2.28. The molecule has 1 rings (SSSR count). The first-order chi connectivity index (χ1) is 4.83. The van der Waals surface area contributed by atoms with Gasteiger partial charge in [0.15, 0.2) is 18.9 Å². The number of hydrogen-bond acceptors (Lipinski definition) is 1. The minimum absolute atomic E-state index is 0. The summed E-state index contributed by atoms with van der Waals surface area (Å²) < 4.78 is 3.33. The van der Waals surface area contributed by atoms with E-state index < -0.39 is 0 Å². The highest BCUT2D eigenvalue weighted by Gasteiger charge is 1.96. The third-order valence-corrected chi connectivity index (χ3v) is 1.85. The normalized spacial score (nSPS) is 8.91. The maximum atomic E-state index is 5.39. The molecule has 1 heterocycles. The molecule has 0 atom stereocenters. The second-order valence-corrected chi connectivity index (χ2v) is 3.29. The lowest BCUT2D eigenvalue weighted by Gasteiger charge is -1.92. The van der Waals surface area contributed by atoms with Crippen LogP contribution in [-0.4, -0.2) is 6.54 Å². The van der Waals surface area contributed by atoms with E-state index in [4.69, 9.17) is 5.73 Å². The van der Waals surface area contributed by atoms with Crippen molar-refractivity contribution < 1.29 is 17.0 Å². The van der Waals surface area contributed by atoms with Crippen LogP contribution in [-0.2, 0) is 6.54 Å². The molecule has 2 N–H and O–H groups in total. The number of nitrogens with two attached hydrogens (primary N) is 1. The molecule has 0 aliphatic carbocycles. The van der Waals surface area contributed by atoms with Crippen molar-refractivity contribution in [1.29, 1.82) is 0 Å². The predicted molar refractivity (Wildman–Crippen MR) is 48.4 cm³/mol. The van der Waals surface area contributed by atoms with Gasteiger partial charge >= 0.3 is 0 Å². The molecule has 0 saturated carbocycles. The van der Waals surface area contributed by atoms with Gasteiger partial charge in [-0.05, 0) is 28.7 Å². The van der Waals surface area contributed by atoms with E-state index in [2.05, 4.69) is 39.4 Å². The van der Waals surface area contributed by atoms with Crippen LogP contribution in [0.2, 0.25) is 0 Å². The minimum Gasteiger partial charge on any atom is -1.00 e. The van der Waals surface area contributed by atoms with Crippen molar-refractivity contribution in [3.8, 4) is 0 Å². The van der Waals surface area contributed by atoms with Crippen molar-refractivity contribution in [1.82, 2.24) is 0 Å². The van der Waals surface area contributed by atoms with E-state index in [0.29, 0.717) is 6.54 Å². The minimum atomic E-state index is 0. The number of nitrogens with zero attached hydrogens (tertiary/aromatic N) is 1. The van der Waals surface area contributed by atoms with Gasteiger partial charge in [-0.15, -0.1) is 0 Å². The Kier molecular flexibility index (Phi) is 5.81. The third kappa shape index (κ3) is 3.88. The molecule has 0 aliphatic heterocycles. The van der Waals surface area contributed by atoms with Gasteiger partial charge in [0.05, 0.1) is 10.1 Å². The van der Waals surface area contributed by atoms with Gasteiger partial charge < -0.3 is 18.1 Å². The molecule has 0 amide bonds. The van der Waals surface area contributed by atoms with Crippen molar-refractivity contribution >= 4 is 22.6 Å². The predicted octanol–water partition coefficient (Wildman–Crippen LogP) is -2.46. The van der Waals surface area contributed by atoms with Gasteiger partial charge in [0, 0.05) is 6.07 Å². The molecule has 0 fully saturated rings. The van der Waals surface area contributed by atoms with Crippen LogP contribution in [0.25, 0.3) is 0 Å². The van der Waals surface area contributed by atoms with Gasteiger partial charge in [0.1, 0.15) is 0 Å². The molecule has 0 aliphatic rings. The van der Waals surface area contributed by atoms with Gasteiger partial charge in [-0.2, -0.15) is 0 Å². The van der Waals surface area contributed by atoms with Crippen molar-refractivity contribution in [2.75, 3.05) is 6.54 Å². The van der Waals surface area contributed by atoms with E-state index in [1.807, 2.05) is 12.3 Å². The maximum absolute atomic E-state index is 5.39. The number of hydrogen-bond donors (Lipinski definition) is 1. The third-order valence-electron chi connectivity index (χ3n) is 1.21. The lowest BCUT2D eigenvalue weighted by atomic mass is 10.5. The zero-order chi connectivity index (χ0) is 7.40. The highest BCUT2D eigenvalue weighted by atomic mass is 127. The fourth-order valence-corrected chi connectivity index (χ4v) is 1.34. The summed E-state index contributed by atoms with van der Waals surface area (Å²) in [7, 11) is 0. The molecular formula is C7H10ClIN2. The fourth-order valence-electron chi connectivity index (χ4n) is 0.778. The van der Waals surface area contributed by atoms with Crippen LogP contribution in [0.15, 0.2) is 24.5 Å². The first-order valence-electron chi connectivity index (χ1n) is 3.17. The van der Waals surface area contributed by atoms with Crippen LogP contribution in [0, 0.1) is 3.57 Å². The quantitative estimate of drug-likeness (QED) is 0.474. The molecule has 0 unspecified atom stereocenters. The Labute approximate surface area is 86.3 Å². The Balaban J connectivity index is 0.000001000. The molecule has 0 aromatic carbocycles. The van der Waals surface area contributed by atoms with E-state index in [9.17, 15) is 0 Å². The number of pyridine rings is 1. The molecule has 0 saturated heterocycles. The van der Waals surface area contributed by atoms with E-state index in [-0.39, 0.29) is 12.4 Å². The summed E-state index contributed by atoms with van der Waals surface area (Å²) in [5, 5.41) is 0. The lowest BCUT2D eigenvalue weighted by Crippen LogP contribution is -3.00. The smallest absolute Gasteiger partial charge is 0.182 e. The number of rotatable bonds is 2. The van der Waals surface area contributed by atoms with Crippen LogP contribution in [0.3, 0.4) is 0 Å². The van der Waals surface area contributed by atoms with E-state index in [1.165, 1.54) is 3.57 Å². The van der Waals surface area contributed by atoms with E-state index in [0.717, 1.165) is 6.54 Å². The molecule has 0 spiro atoms. The Hall–Kier alpha value is 0.130. The Morgan fingerprint density at radius 2 is 2.27 bits per heavy atom. The van der Waals surface area contributed by atoms with Crippen LogP contribution in [0.5, 0.6) is 0 Å². The Morgan fingerprint density at radius 1 is 1.55 bits per heavy atom. The van der Waals surface area contributed by atoms with Gasteiger partial charge in [-0.3, -0.25) is 0 Å². The first-order valence-corrected chi connectivity index (χ1v) is 4.25. The second kappa shape index (κ2) is 5.74. The summed E-state index contributed by atoms with van der Waals surface area (Å²) in [5.41, 5.74) is 5.39. The zero-order valence-corrected chi connectivity index (χ0v) is 8.92. The Bertz CT molecular complexity index is 217. The largest absolute Gasteiger partial charge is 1.00 e. The summed E-state index contributed by atoms with van der Waals surface area (Å²) in [6.45, 7) is 1.60. The average molecular weight is 285 g/mol. The first kappa shape index (κ1) is 11.1. The van der Waals surface area contributed by atoms with Crippen LogP contribution < -0.4 is 22.7 Å². The number of halogens is 2. The topological polar surface area (TPSA) is 29.9 Å².